The van der Waals surface area contributed by atoms with Gasteiger partial charge in [0.1, 0.15) is 6.54 Å². The zero-order valence-electron chi connectivity index (χ0n) is 13.8. The van der Waals surface area contributed by atoms with Gasteiger partial charge in [-0.1, -0.05) is 13.3 Å². The average Bonchev–Trinajstić information content (AvgIpc) is 2.89. The average molecular weight is 337 g/mol. The minimum Gasteiger partial charge on any atom is -0.748 e. The number of unbranched alkanes of at least 4 members (excludes halogenated alkanes) is 1. The van der Waals surface area contributed by atoms with E-state index < -0.39 is 10.1 Å². The summed E-state index contributed by atoms with van der Waals surface area (Å²) in [4.78, 5) is 0. The van der Waals surface area contributed by atoms with Gasteiger partial charge in [-0.2, -0.15) is 0 Å². The Labute approximate surface area is 135 Å². The van der Waals surface area contributed by atoms with Crippen molar-refractivity contribution in [2.75, 3.05) is 58.4 Å². The number of hydrogen-bond acceptors (Lipinski definition) is 5. The van der Waals surface area contributed by atoms with Gasteiger partial charge in [0.2, 0.25) is 0 Å². The van der Waals surface area contributed by atoms with Crippen LogP contribution in [-0.2, 0) is 19.6 Å². The van der Waals surface area contributed by atoms with Gasteiger partial charge in [-0.05, 0) is 6.42 Å². The Balaban J connectivity index is 2.15. The van der Waals surface area contributed by atoms with E-state index in [4.69, 9.17) is 9.47 Å². The van der Waals surface area contributed by atoms with Crippen LogP contribution in [0.1, 0.15) is 39.0 Å². The first-order chi connectivity index (χ1) is 10.5. The topological polar surface area (TPSA) is 75.7 Å². The lowest BCUT2D eigenvalue weighted by Gasteiger charge is -2.34. The quantitative estimate of drug-likeness (QED) is 0.288. The van der Waals surface area contributed by atoms with Gasteiger partial charge in [0.25, 0.3) is 0 Å². The molecule has 0 aromatic heterocycles. The molecule has 1 heterocycles. The molecule has 132 valence electrons. The molecule has 0 amide bonds. The summed E-state index contributed by atoms with van der Waals surface area (Å²) < 4.78 is 44.1. The molecule has 22 heavy (non-hydrogen) atoms. The van der Waals surface area contributed by atoms with Crippen molar-refractivity contribution in [3.63, 3.8) is 0 Å². The fourth-order valence-electron chi connectivity index (χ4n) is 2.97. The lowest BCUT2D eigenvalue weighted by atomic mass is 10.3. The normalized spacial score (nSPS) is 17.9. The highest BCUT2D eigenvalue weighted by molar-refractivity contribution is 7.85. The fourth-order valence-corrected chi connectivity index (χ4v) is 3.45. The highest BCUT2D eigenvalue weighted by atomic mass is 32.2. The van der Waals surface area contributed by atoms with Crippen LogP contribution in [0.4, 0.5) is 0 Å². The third kappa shape index (κ3) is 9.05. The van der Waals surface area contributed by atoms with E-state index in [1.807, 2.05) is 0 Å². The molecular weight excluding hydrogens is 306 g/mol. The van der Waals surface area contributed by atoms with Crippen LogP contribution in [0, 0.1) is 0 Å². The van der Waals surface area contributed by atoms with Crippen LogP contribution in [-0.4, -0.2) is 75.8 Å². The molecule has 0 atom stereocenters. The van der Waals surface area contributed by atoms with Gasteiger partial charge in [-0.25, -0.2) is 8.42 Å². The minimum absolute atomic E-state index is 0.251. The maximum Gasteiger partial charge on any atom is 0.102 e. The molecule has 0 aromatic carbocycles. The number of nitrogens with zero attached hydrogens (tertiary/aromatic N) is 1. The molecule has 1 fully saturated rings. The van der Waals surface area contributed by atoms with Crippen LogP contribution in [0.5, 0.6) is 0 Å². The first kappa shape index (κ1) is 19.8. The predicted molar refractivity (Wildman–Crippen MR) is 84.7 cm³/mol. The van der Waals surface area contributed by atoms with Gasteiger partial charge < -0.3 is 18.5 Å². The molecule has 1 aliphatic heterocycles. The lowest BCUT2D eigenvalue weighted by molar-refractivity contribution is -0.917. The number of rotatable bonds is 13. The molecule has 1 rings (SSSR count). The van der Waals surface area contributed by atoms with E-state index in [0.29, 0.717) is 26.2 Å². The molecule has 6 nitrogen and oxygen atoms in total. The Hall–Kier alpha value is -0.210. The number of likely N-dealkylation sites (tertiary alicyclic amines) is 1. The maximum absolute atomic E-state index is 10.7. The summed E-state index contributed by atoms with van der Waals surface area (Å²) in [5.74, 6) is -0.251. The van der Waals surface area contributed by atoms with E-state index in [9.17, 15) is 13.0 Å². The summed E-state index contributed by atoms with van der Waals surface area (Å²) in [6.07, 6.45) is 5.02. The standard InChI is InChI=1S/C15H31NO5S/c1-2-3-11-20-13-14-21-12-10-16(7-4-5-8-16)9-6-15-22(17,18)19/h2-15H2,1H3. The summed E-state index contributed by atoms with van der Waals surface area (Å²) in [6, 6.07) is 0. The van der Waals surface area contributed by atoms with Crippen LogP contribution in [0.25, 0.3) is 0 Å². The monoisotopic (exact) mass is 337 g/mol. The molecule has 0 saturated carbocycles. The van der Waals surface area contributed by atoms with Crippen molar-refractivity contribution in [1.82, 2.24) is 0 Å². The largest absolute Gasteiger partial charge is 0.748 e. The van der Waals surface area contributed by atoms with Crippen LogP contribution in [0.2, 0.25) is 0 Å². The van der Waals surface area contributed by atoms with Crippen molar-refractivity contribution in [3.05, 3.63) is 0 Å². The summed E-state index contributed by atoms with van der Waals surface area (Å²) in [7, 11) is -4.09. The van der Waals surface area contributed by atoms with Gasteiger partial charge in [0.05, 0.1) is 49.6 Å². The lowest BCUT2D eigenvalue weighted by Crippen LogP contribution is -2.48. The van der Waals surface area contributed by atoms with E-state index in [0.717, 1.165) is 50.1 Å². The number of quaternary nitrogens is 1. The van der Waals surface area contributed by atoms with Crippen LogP contribution in [0.3, 0.4) is 0 Å². The molecular formula is C15H31NO5S. The second-order valence-corrected chi connectivity index (χ2v) is 7.66. The molecule has 0 aliphatic carbocycles. The van der Waals surface area contributed by atoms with Gasteiger partial charge >= 0.3 is 0 Å². The highest BCUT2D eigenvalue weighted by Gasteiger charge is 2.31. The highest BCUT2D eigenvalue weighted by Crippen LogP contribution is 2.20. The second kappa shape index (κ2) is 10.5. The van der Waals surface area contributed by atoms with E-state index in [2.05, 4.69) is 6.92 Å². The van der Waals surface area contributed by atoms with Gasteiger partial charge in [0, 0.05) is 31.6 Å². The van der Waals surface area contributed by atoms with Crippen LogP contribution >= 0.6 is 0 Å². The van der Waals surface area contributed by atoms with Crippen molar-refractivity contribution < 1.29 is 26.9 Å². The summed E-state index contributed by atoms with van der Waals surface area (Å²) in [5.41, 5.74) is 0. The first-order valence-corrected chi connectivity index (χ1v) is 9.99. The summed E-state index contributed by atoms with van der Waals surface area (Å²) in [5, 5.41) is 0. The Morgan fingerprint density at radius 2 is 1.59 bits per heavy atom. The van der Waals surface area contributed by atoms with E-state index >= 15 is 0 Å². The Kier molecular flexibility index (Phi) is 9.51. The smallest absolute Gasteiger partial charge is 0.102 e. The fraction of sp³-hybridized carbons (Fsp3) is 1.00. The molecule has 0 aromatic rings. The summed E-state index contributed by atoms with van der Waals surface area (Å²) >= 11 is 0. The summed E-state index contributed by atoms with van der Waals surface area (Å²) in [6.45, 7) is 8.63. The van der Waals surface area contributed by atoms with Gasteiger partial charge in [-0.15, -0.1) is 0 Å². The van der Waals surface area contributed by atoms with Crippen molar-refractivity contribution in [2.45, 2.75) is 39.0 Å². The predicted octanol–water partition coefficient (Wildman–Crippen LogP) is 1.37. The van der Waals surface area contributed by atoms with E-state index in [1.165, 1.54) is 12.8 Å². The molecule has 0 spiro atoms. The Morgan fingerprint density at radius 3 is 2.18 bits per heavy atom. The third-order valence-electron chi connectivity index (χ3n) is 4.27. The number of ether oxygens (including phenoxy) is 2. The van der Waals surface area contributed by atoms with Gasteiger partial charge in [-0.3, -0.25) is 0 Å². The molecule has 7 heteroatoms. The Morgan fingerprint density at radius 1 is 0.955 bits per heavy atom. The number of hydrogen-bond donors (Lipinski definition) is 0. The molecule has 0 radical (unpaired) electrons. The van der Waals surface area contributed by atoms with E-state index in [1.54, 1.807) is 0 Å². The molecule has 0 bridgehead atoms. The first-order valence-electron chi connectivity index (χ1n) is 8.42. The maximum atomic E-state index is 10.7. The molecule has 1 saturated heterocycles. The van der Waals surface area contributed by atoms with Crippen molar-refractivity contribution in [3.8, 4) is 0 Å². The second-order valence-electron chi connectivity index (χ2n) is 6.14. The minimum atomic E-state index is -4.09. The van der Waals surface area contributed by atoms with Gasteiger partial charge in [0.15, 0.2) is 0 Å². The van der Waals surface area contributed by atoms with Crippen molar-refractivity contribution >= 4 is 10.1 Å². The van der Waals surface area contributed by atoms with Crippen molar-refractivity contribution in [2.24, 2.45) is 0 Å². The SMILES string of the molecule is CCCCOCCOCC[N+]1(CCCS(=O)(=O)[O-])CCCC1. The van der Waals surface area contributed by atoms with E-state index in [-0.39, 0.29) is 5.75 Å². The molecule has 0 N–H and O–H groups in total. The van der Waals surface area contributed by atoms with Crippen LogP contribution < -0.4 is 0 Å². The zero-order valence-corrected chi connectivity index (χ0v) is 14.6. The zero-order chi connectivity index (χ0) is 16.3. The van der Waals surface area contributed by atoms with Crippen molar-refractivity contribution in [1.29, 1.82) is 0 Å². The third-order valence-corrected chi connectivity index (χ3v) is 5.05. The molecule has 1 aliphatic rings. The van der Waals surface area contributed by atoms with Crippen LogP contribution in [0.15, 0.2) is 0 Å². The Bertz CT molecular complexity index is 379. The molecule has 0 unspecified atom stereocenters.